The van der Waals surface area contributed by atoms with E-state index in [9.17, 15) is 29.1 Å². The summed E-state index contributed by atoms with van der Waals surface area (Å²) in [6.07, 6.45) is 1.37. The molecule has 0 aliphatic carbocycles. The van der Waals surface area contributed by atoms with Gasteiger partial charge in [-0.05, 0) is 30.5 Å². The normalized spacial score (nSPS) is 13.9. The van der Waals surface area contributed by atoms with Crippen molar-refractivity contribution in [3.8, 4) is 0 Å². The molecule has 4 unspecified atom stereocenters. The topological polar surface area (TPSA) is 204 Å². The summed E-state index contributed by atoms with van der Waals surface area (Å²) < 4.78 is 0. The maximum atomic E-state index is 13.4. The Morgan fingerprint density at radius 2 is 1.48 bits per heavy atom. The molecule has 0 radical (unpaired) electrons. The Morgan fingerprint density at radius 1 is 0.825 bits per heavy atom. The van der Waals surface area contributed by atoms with Gasteiger partial charge in [-0.3, -0.25) is 19.2 Å². The molecule has 40 heavy (non-hydrogen) atoms. The smallest absolute Gasteiger partial charge is 0.326 e. The summed E-state index contributed by atoms with van der Waals surface area (Å²) in [6, 6.07) is 11.5. The minimum Gasteiger partial charge on any atom is -0.481 e. The number of carboxylic acid groups (broad SMARTS) is 2. The third kappa shape index (κ3) is 8.40. The lowest BCUT2D eigenvalue weighted by Crippen LogP contribution is -2.57. The largest absolute Gasteiger partial charge is 0.481 e. The van der Waals surface area contributed by atoms with Crippen molar-refractivity contribution in [2.75, 3.05) is 0 Å². The Bertz CT molecular complexity index is 1360. The molecule has 0 spiro atoms. The number of aliphatic carboxylic acids is 2. The SMILES string of the molecule is CC(NC(=O)C(N)CCC(=O)O)C(=O)NC(Cc1c[nH]c2ccccc12)C(=O)NC(Cc1ccccc1)C(=O)O. The number of aromatic amines is 1. The minimum atomic E-state index is -1.25. The third-order valence-corrected chi connectivity index (χ3v) is 6.39. The number of amides is 3. The second kappa shape index (κ2) is 13.9. The number of hydrogen-bond acceptors (Lipinski definition) is 6. The number of benzene rings is 2. The summed E-state index contributed by atoms with van der Waals surface area (Å²) >= 11 is 0. The molecule has 1 aromatic heterocycles. The Balaban J connectivity index is 1.76. The van der Waals surface area contributed by atoms with Gasteiger partial charge in [0, 0.05) is 36.4 Å². The molecule has 8 N–H and O–H groups in total. The molecule has 3 aromatic rings. The van der Waals surface area contributed by atoms with Crippen molar-refractivity contribution in [1.29, 1.82) is 0 Å². The number of carbonyl (C=O) groups excluding carboxylic acids is 3. The van der Waals surface area contributed by atoms with Gasteiger partial charge in [-0.25, -0.2) is 4.79 Å². The van der Waals surface area contributed by atoms with Gasteiger partial charge in [-0.1, -0.05) is 48.5 Å². The lowest BCUT2D eigenvalue weighted by atomic mass is 10.0. The Kier molecular flexibility index (Phi) is 10.4. The number of carboxylic acids is 2. The number of hydrogen-bond donors (Lipinski definition) is 7. The number of para-hydroxylation sites is 1. The van der Waals surface area contributed by atoms with Crippen molar-refractivity contribution < 1.29 is 34.2 Å². The summed E-state index contributed by atoms with van der Waals surface area (Å²) in [5.74, 6) is -4.46. The standard InChI is InChI=1S/C28H33N5O7/c1-16(31-26(37)20(29)11-12-24(34)35)25(36)32-22(14-18-15-30-21-10-6-5-9-19(18)21)27(38)33-23(28(39)40)13-17-7-3-2-4-8-17/h2-10,15-16,20,22-23,30H,11-14,29H2,1H3,(H,31,37)(H,32,36)(H,33,38)(H,34,35)(H,39,40). The van der Waals surface area contributed by atoms with E-state index in [1.807, 2.05) is 24.3 Å². The van der Waals surface area contributed by atoms with Crippen molar-refractivity contribution in [2.45, 2.75) is 56.8 Å². The van der Waals surface area contributed by atoms with Gasteiger partial charge in [-0.15, -0.1) is 0 Å². The highest BCUT2D eigenvalue weighted by Crippen LogP contribution is 2.19. The fourth-order valence-corrected chi connectivity index (χ4v) is 4.14. The maximum absolute atomic E-state index is 13.4. The molecule has 2 aromatic carbocycles. The first-order chi connectivity index (χ1) is 19.0. The van der Waals surface area contributed by atoms with Crippen molar-refractivity contribution in [3.63, 3.8) is 0 Å². The second-order valence-corrected chi connectivity index (χ2v) is 9.48. The van der Waals surface area contributed by atoms with E-state index in [4.69, 9.17) is 10.8 Å². The highest BCUT2D eigenvalue weighted by atomic mass is 16.4. The molecule has 212 valence electrons. The average Bonchev–Trinajstić information content (AvgIpc) is 3.33. The van der Waals surface area contributed by atoms with Gasteiger partial charge in [0.15, 0.2) is 0 Å². The highest BCUT2D eigenvalue weighted by Gasteiger charge is 2.30. The van der Waals surface area contributed by atoms with Crippen LogP contribution in [0, 0.1) is 0 Å². The van der Waals surface area contributed by atoms with E-state index in [1.54, 1.807) is 36.5 Å². The number of rotatable bonds is 14. The number of H-pyrrole nitrogens is 1. The van der Waals surface area contributed by atoms with E-state index < -0.39 is 53.8 Å². The van der Waals surface area contributed by atoms with Crippen molar-refractivity contribution in [3.05, 3.63) is 71.9 Å². The van der Waals surface area contributed by atoms with Crippen molar-refractivity contribution >= 4 is 40.6 Å². The first-order valence-corrected chi connectivity index (χ1v) is 12.8. The Hall–Kier alpha value is -4.71. The minimum absolute atomic E-state index is 0.0381. The predicted octanol–water partition coefficient (Wildman–Crippen LogP) is 0.704. The molecular formula is C28H33N5O7. The van der Waals surface area contributed by atoms with Crippen LogP contribution in [0.15, 0.2) is 60.8 Å². The monoisotopic (exact) mass is 551 g/mol. The van der Waals surface area contributed by atoms with Gasteiger partial charge in [0.05, 0.1) is 6.04 Å². The van der Waals surface area contributed by atoms with Crippen LogP contribution in [-0.2, 0) is 36.8 Å². The lowest BCUT2D eigenvalue weighted by Gasteiger charge is -2.24. The third-order valence-electron chi connectivity index (χ3n) is 6.39. The predicted molar refractivity (Wildman–Crippen MR) is 146 cm³/mol. The zero-order chi connectivity index (χ0) is 29.2. The molecule has 0 fully saturated rings. The summed E-state index contributed by atoms with van der Waals surface area (Å²) in [4.78, 5) is 64.6. The Labute approximate surface area is 230 Å². The van der Waals surface area contributed by atoms with E-state index in [1.165, 1.54) is 6.92 Å². The van der Waals surface area contributed by atoms with E-state index in [0.717, 1.165) is 16.5 Å². The van der Waals surface area contributed by atoms with Crippen LogP contribution in [0.4, 0.5) is 0 Å². The summed E-state index contributed by atoms with van der Waals surface area (Å²) in [7, 11) is 0. The van der Waals surface area contributed by atoms with E-state index in [2.05, 4.69) is 20.9 Å². The van der Waals surface area contributed by atoms with Crippen LogP contribution in [0.2, 0.25) is 0 Å². The zero-order valence-corrected chi connectivity index (χ0v) is 21.9. The number of nitrogens with two attached hydrogens (primary N) is 1. The maximum Gasteiger partial charge on any atom is 0.326 e. The number of carbonyl (C=O) groups is 5. The van der Waals surface area contributed by atoms with Crippen molar-refractivity contribution in [1.82, 2.24) is 20.9 Å². The van der Waals surface area contributed by atoms with E-state index in [-0.39, 0.29) is 25.7 Å². The lowest BCUT2D eigenvalue weighted by molar-refractivity contribution is -0.142. The molecule has 0 saturated carbocycles. The van der Waals surface area contributed by atoms with Crippen LogP contribution >= 0.6 is 0 Å². The van der Waals surface area contributed by atoms with Crippen LogP contribution < -0.4 is 21.7 Å². The first kappa shape index (κ1) is 29.8. The molecule has 0 bridgehead atoms. The molecule has 4 atom stereocenters. The molecule has 12 heteroatoms. The molecule has 3 rings (SSSR count). The van der Waals surface area contributed by atoms with Crippen LogP contribution in [0.1, 0.15) is 30.9 Å². The van der Waals surface area contributed by atoms with Crippen molar-refractivity contribution in [2.24, 2.45) is 5.73 Å². The summed E-state index contributed by atoms with van der Waals surface area (Å²) in [6.45, 7) is 1.40. The van der Waals surface area contributed by atoms with Crippen LogP contribution in [0.5, 0.6) is 0 Å². The second-order valence-electron chi connectivity index (χ2n) is 9.48. The first-order valence-electron chi connectivity index (χ1n) is 12.8. The van der Waals surface area contributed by atoms with Gasteiger partial charge < -0.3 is 36.9 Å². The number of nitrogens with one attached hydrogen (secondary N) is 4. The Morgan fingerprint density at radius 3 is 2.15 bits per heavy atom. The number of aromatic nitrogens is 1. The quantitative estimate of drug-likeness (QED) is 0.152. The van der Waals surface area contributed by atoms with E-state index >= 15 is 0 Å². The fraction of sp³-hybridized carbons (Fsp3) is 0.321. The summed E-state index contributed by atoms with van der Waals surface area (Å²) in [5.41, 5.74) is 7.98. The molecule has 3 amide bonds. The molecule has 12 nitrogen and oxygen atoms in total. The van der Waals surface area contributed by atoms with Gasteiger partial charge in [0.1, 0.15) is 18.1 Å². The molecular weight excluding hydrogens is 518 g/mol. The summed E-state index contributed by atoms with van der Waals surface area (Å²) in [5, 5.41) is 27.0. The van der Waals surface area contributed by atoms with Gasteiger partial charge in [0.25, 0.3) is 0 Å². The average molecular weight is 552 g/mol. The van der Waals surface area contributed by atoms with Crippen LogP contribution in [0.3, 0.4) is 0 Å². The highest BCUT2D eigenvalue weighted by molar-refractivity contribution is 5.94. The zero-order valence-electron chi connectivity index (χ0n) is 21.9. The fourth-order valence-electron chi connectivity index (χ4n) is 4.14. The van der Waals surface area contributed by atoms with E-state index in [0.29, 0.717) is 5.56 Å². The van der Waals surface area contributed by atoms with Gasteiger partial charge >= 0.3 is 11.9 Å². The van der Waals surface area contributed by atoms with Crippen LogP contribution in [-0.4, -0.2) is 69.0 Å². The molecule has 0 aliphatic rings. The van der Waals surface area contributed by atoms with Gasteiger partial charge in [0.2, 0.25) is 17.7 Å². The molecule has 0 aliphatic heterocycles. The van der Waals surface area contributed by atoms with Gasteiger partial charge in [-0.2, -0.15) is 0 Å². The molecule has 0 saturated heterocycles. The number of fused-ring (bicyclic) bond motifs is 1. The van der Waals surface area contributed by atoms with Crippen LogP contribution in [0.25, 0.3) is 10.9 Å². The molecule has 1 heterocycles.